The summed E-state index contributed by atoms with van der Waals surface area (Å²) >= 11 is 12.5. The van der Waals surface area contributed by atoms with E-state index in [-0.39, 0.29) is 10.8 Å². The number of benzene rings is 2. The highest BCUT2D eigenvalue weighted by molar-refractivity contribution is 7.89. The van der Waals surface area contributed by atoms with E-state index in [1.807, 2.05) is 42.7 Å². The number of ether oxygens (including phenoxy) is 1. The molecule has 10 heteroatoms. The highest BCUT2D eigenvalue weighted by Crippen LogP contribution is 2.39. The number of carbonyl (C=O) groups excluding carboxylic acids is 1. The van der Waals surface area contributed by atoms with Crippen molar-refractivity contribution >= 4 is 56.5 Å². The third-order valence-electron chi connectivity index (χ3n) is 6.64. The summed E-state index contributed by atoms with van der Waals surface area (Å²) in [6, 6.07) is 12.2. The number of halogens is 2. The number of hydrogen-bond donors (Lipinski definition) is 0. The molecule has 0 aliphatic carbocycles. The van der Waals surface area contributed by atoms with E-state index in [4.69, 9.17) is 27.9 Å². The zero-order valence-electron chi connectivity index (χ0n) is 20.1. The molecule has 7 nitrogen and oxygen atoms in total. The van der Waals surface area contributed by atoms with Crippen molar-refractivity contribution in [2.24, 2.45) is 0 Å². The smallest absolute Gasteiger partial charge is 0.258 e. The number of amides is 1. The number of morpholine rings is 1. The SMILES string of the molecule is Cc1cc(/C=C2\C(=O)N(C)c3ccc(S(=O)(=O)N4CCOCC4)cc32)c(C)n1-c1cc(Cl)cc(Cl)c1. The molecule has 0 bridgehead atoms. The first-order valence-corrected chi connectivity index (χ1v) is 13.6. The number of aromatic nitrogens is 1. The molecule has 5 rings (SSSR count). The highest BCUT2D eigenvalue weighted by atomic mass is 35.5. The van der Waals surface area contributed by atoms with Gasteiger partial charge in [-0.3, -0.25) is 4.79 Å². The Morgan fingerprint density at radius 1 is 0.972 bits per heavy atom. The summed E-state index contributed by atoms with van der Waals surface area (Å²) in [4.78, 5) is 14.9. The van der Waals surface area contributed by atoms with E-state index in [1.54, 1.807) is 36.2 Å². The minimum atomic E-state index is -3.70. The number of hydrogen-bond acceptors (Lipinski definition) is 4. The quantitative estimate of drug-likeness (QED) is 0.435. The van der Waals surface area contributed by atoms with Gasteiger partial charge < -0.3 is 14.2 Å². The minimum absolute atomic E-state index is 0.163. The van der Waals surface area contributed by atoms with Crippen molar-refractivity contribution in [3.8, 4) is 5.69 Å². The first kappa shape index (κ1) is 25.0. The Bertz CT molecular complexity index is 1500. The zero-order valence-corrected chi connectivity index (χ0v) is 22.4. The Morgan fingerprint density at radius 3 is 2.31 bits per heavy atom. The molecule has 0 saturated carbocycles. The van der Waals surface area contributed by atoms with Gasteiger partial charge in [-0.2, -0.15) is 4.31 Å². The molecule has 188 valence electrons. The summed E-state index contributed by atoms with van der Waals surface area (Å²) < 4.78 is 35.3. The number of fused-ring (bicyclic) bond motifs is 1. The predicted octanol–water partition coefficient (Wildman–Crippen LogP) is 4.94. The van der Waals surface area contributed by atoms with Crippen molar-refractivity contribution in [2.45, 2.75) is 18.7 Å². The van der Waals surface area contributed by atoms with Crippen LogP contribution in [0.5, 0.6) is 0 Å². The van der Waals surface area contributed by atoms with E-state index < -0.39 is 10.0 Å². The molecule has 2 aliphatic rings. The number of likely N-dealkylation sites (N-methyl/N-ethyl adjacent to an activating group) is 1. The van der Waals surface area contributed by atoms with Crippen LogP contribution in [0.15, 0.2) is 47.4 Å². The Hall–Kier alpha value is -2.62. The fraction of sp³-hybridized carbons (Fsp3) is 0.269. The molecule has 3 aromatic rings. The molecule has 0 unspecified atom stereocenters. The maximum atomic E-state index is 13.3. The van der Waals surface area contributed by atoms with Crippen LogP contribution < -0.4 is 4.90 Å². The van der Waals surface area contributed by atoms with Crippen molar-refractivity contribution in [2.75, 3.05) is 38.3 Å². The maximum absolute atomic E-state index is 13.3. The molecule has 2 aliphatic heterocycles. The van der Waals surface area contributed by atoms with E-state index >= 15 is 0 Å². The largest absolute Gasteiger partial charge is 0.379 e. The Labute approximate surface area is 220 Å². The molecule has 3 heterocycles. The van der Waals surface area contributed by atoms with Crippen molar-refractivity contribution < 1.29 is 17.9 Å². The van der Waals surface area contributed by atoms with Crippen LogP contribution >= 0.6 is 23.2 Å². The topological polar surface area (TPSA) is 71.8 Å². The van der Waals surface area contributed by atoms with Gasteiger partial charge in [0.15, 0.2) is 0 Å². The second-order valence-corrected chi connectivity index (χ2v) is 11.7. The molecule has 1 amide bonds. The number of rotatable bonds is 4. The first-order chi connectivity index (χ1) is 17.1. The average molecular weight is 546 g/mol. The Balaban J connectivity index is 1.59. The molecule has 2 aromatic carbocycles. The van der Waals surface area contributed by atoms with E-state index in [1.165, 1.54) is 4.31 Å². The summed E-state index contributed by atoms with van der Waals surface area (Å²) in [5, 5.41) is 1.06. The Morgan fingerprint density at radius 2 is 1.64 bits per heavy atom. The number of nitrogens with zero attached hydrogens (tertiary/aromatic N) is 3. The number of aryl methyl sites for hydroxylation is 1. The van der Waals surface area contributed by atoms with Gasteiger partial charge in [-0.05, 0) is 68.0 Å². The molecule has 0 radical (unpaired) electrons. The predicted molar refractivity (Wildman–Crippen MR) is 143 cm³/mol. The first-order valence-electron chi connectivity index (χ1n) is 11.5. The van der Waals surface area contributed by atoms with Gasteiger partial charge in [0.2, 0.25) is 10.0 Å². The zero-order chi connectivity index (χ0) is 25.8. The van der Waals surface area contributed by atoms with Crippen LogP contribution in [0.3, 0.4) is 0 Å². The van der Waals surface area contributed by atoms with Crippen LogP contribution in [0, 0.1) is 13.8 Å². The molecular weight excluding hydrogens is 521 g/mol. The molecule has 0 N–H and O–H groups in total. The van der Waals surface area contributed by atoms with E-state index in [0.29, 0.717) is 53.2 Å². The number of anilines is 1. The maximum Gasteiger partial charge on any atom is 0.258 e. The molecular formula is C26H25Cl2N3O4S. The second-order valence-electron chi connectivity index (χ2n) is 8.91. The highest BCUT2D eigenvalue weighted by Gasteiger charge is 2.33. The Kier molecular flexibility index (Phi) is 6.51. The number of carbonyl (C=O) groups is 1. The standard InChI is InChI=1S/C26H25Cl2N3O4S/c1-16-10-18(17(2)31(16)21-13-19(27)12-20(28)14-21)11-24-23-15-22(4-5-25(23)29(3)26(24)32)36(33,34)30-6-8-35-9-7-30/h4-5,10-15H,6-9H2,1-3H3/b24-11-. The van der Waals surface area contributed by atoms with Gasteiger partial charge in [0.05, 0.1) is 23.8 Å². The lowest BCUT2D eigenvalue weighted by Crippen LogP contribution is -2.40. The third-order valence-corrected chi connectivity index (χ3v) is 8.97. The monoisotopic (exact) mass is 545 g/mol. The van der Waals surface area contributed by atoms with Gasteiger partial charge in [-0.15, -0.1) is 0 Å². The van der Waals surface area contributed by atoms with Gasteiger partial charge in [0.25, 0.3) is 5.91 Å². The summed E-state index contributed by atoms with van der Waals surface area (Å²) in [5.41, 5.74) is 5.21. The summed E-state index contributed by atoms with van der Waals surface area (Å²) in [7, 11) is -2.01. The summed E-state index contributed by atoms with van der Waals surface area (Å²) in [6.07, 6.45) is 1.82. The van der Waals surface area contributed by atoms with Gasteiger partial charge in [-0.1, -0.05) is 23.2 Å². The van der Waals surface area contributed by atoms with Crippen LogP contribution in [-0.2, 0) is 19.6 Å². The lowest BCUT2D eigenvalue weighted by atomic mass is 10.0. The molecule has 0 atom stereocenters. The van der Waals surface area contributed by atoms with Gasteiger partial charge in [0, 0.05) is 58.4 Å². The van der Waals surface area contributed by atoms with Crippen molar-refractivity contribution in [1.29, 1.82) is 0 Å². The van der Waals surface area contributed by atoms with E-state index in [2.05, 4.69) is 0 Å². The summed E-state index contributed by atoms with van der Waals surface area (Å²) in [5.74, 6) is -0.193. The average Bonchev–Trinajstić information content (AvgIpc) is 3.25. The normalized spacial score (nSPS) is 17.8. The fourth-order valence-corrected chi connectivity index (χ4v) is 6.77. The van der Waals surface area contributed by atoms with Crippen LogP contribution in [0.4, 0.5) is 5.69 Å². The van der Waals surface area contributed by atoms with E-state index in [0.717, 1.165) is 22.6 Å². The molecule has 1 saturated heterocycles. The van der Waals surface area contributed by atoms with Crippen LogP contribution in [-0.4, -0.2) is 56.5 Å². The van der Waals surface area contributed by atoms with Crippen molar-refractivity contribution in [3.63, 3.8) is 0 Å². The van der Waals surface area contributed by atoms with Crippen LogP contribution in [0.1, 0.15) is 22.5 Å². The lowest BCUT2D eigenvalue weighted by Gasteiger charge is -2.26. The van der Waals surface area contributed by atoms with Crippen LogP contribution in [0.2, 0.25) is 10.0 Å². The third kappa shape index (κ3) is 4.27. The van der Waals surface area contributed by atoms with E-state index in [9.17, 15) is 13.2 Å². The number of sulfonamides is 1. The molecule has 1 fully saturated rings. The lowest BCUT2D eigenvalue weighted by molar-refractivity contribution is -0.112. The van der Waals surface area contributed by atoms with Gasteiger partial charge >= 0.3 is 0 Å². The molecule has 36 heavy (non-hydrogen) atoms. The van der Waals surface area contributed by atoms with Gasteiger partial charge in [-0.25, -0.2) is 8.42 Å². The van der Waals surface area contributed by atoms with Gasteiger partial charge in [0.1, 0.15) is 0 Å². The fourth-order valence-electron chi connectivity index (χ4n) is 4.82. The van der Waals surface area contributed by atoms with Crippen molar-refractivity contribution in [3.05, 3.63) is 75.0 Å². The molecule has 1 aromatic heterocycles. The molecule has 0 spiro atoms. The summed E-state index contributed by atoms with van der Waals surface area (Å²) in [6.45, 7) is 5.26. The van der Waals surface area contributed by atoms with Crippen LogP contribution in [0.25, 0.3) is 17.3 Å². The second kappa shape index (κ2) is 9.36. The van der Waals surface area contributed by atoms with Crippen molar-refractivity contribution in [1.82, 2.24) is 8.87 Å². The minimum Gasteiger partial charge on any atom is -0.379 e.